The van der Waals surface area contributed by atoms with Crippen LogP contribution in [0.25, 0.3) is 0 Å². The summed E-state index contributed by atoms with van der Waals surface area (Å²) in [4.78, 5) is 37.2. The van der Waals surface area contributed by atoms with Gasteiger partial charge in [0.05, 0.1) is 41.8 Å². The van der Waals surface area contributed by atoms with Crippen LogP contribution in [0.1, 0.15) is 47.3 Å². The Bertz CT molecular complexity index is 1260. The molecule has 196 valence electrons. The van der Waals surface area contributed by atoms with Crippen molar-refractivity contribution < 1.29 is 23.9 Å². The number of amides is 2. The van der Waals surface area contributed by atoms with E-state index in [4.69, 9.17) is 21.1 Å². The zero-order valence-corrected chi connectivity index (χ0v) is 22.5. The fourth-order valence-electron chi connectivity index (χ4n) is 3.22. The van der Waals surface area contributed by atoms with Crippen LogP contribution in [0.5, 0.6) is 5.75 Å². The number of thioether (sulfide) groups is 1. The van der Waals surface area contributed by atoms with E-state index in [0.717, 1.165) is 0 Å². The Morgan fingerprint density at radius 3 is 2.43 bits per heavy atom. The molecule has 0 fully saturated rings. The monoisotopic (exact) mass is 545 g/mol. The zero-order chi connectivity index (χ0) is 26.9. The highest BCUT2D eigenvalue weighted by Crippen LogP contribution is 2.25. The molecule has 37 heavy (non-hydrogen) atoms. The van der Waals surface area contributed by atoms with Gasteiger partial charge in [0.15, 0.2) is 11.0 Å². The van der Waals surface area contributed by atoms with Crippen molar-refractivity contribution in [1.82, 2.24) is 20.1 Å². The number of ether oxygens (including phenoxy) is 2. The molecule has 0 unspecified atom stereocenters. The van der Waals surface area contributed by atoms with Crippen molar-refractivity contribution in [3.8, 4) is 5.75 Å². The van der Waals surface area contributed by atoms with Crippen LogP contribution < -0.4 is 15.4 Å². The zero-order valence-electron chi connectivity index (χ0n) is 20.9. The van der Waals surface area contributed by atoms with E-state index >= 15 is 0 Å². The van der Waals surface area contributed by atoms with Gasteiger partial charge in [0.25, 0.3) is 5.91 Å². The highest BCUT2D eigenvalue weighted by atomic mass is 35.5. The molecule has 0 bridgehead atoms. The number of esters is 1. The number of hydrogen-bond acceptors (Lipinski definition) is 8. The van der Waals surface area contributed by atoms with Gasteiger partial charge in [-0.25, -0.2) is 4.79 Å². The highest BCUT2D eigenvalue weighted by Gasteiger charge is 2.17. The maximum Gasteiger partial charge on any atom is 0.338 e. The van der Waals surface area contributed by atoms with Gasteiger partial charge in [0.2, 0.25) is 5.91 Å². The smallest absolute Gasteiger partial charge is 0.338 e. The van der Waals surface area contributed by atoms with Gasteiger partial charge < -0.3 is 24.7 Å². The summed E-state index contributed by atoms with van der Waals surface area (Å²) in [6, 6.07) is 11.3. The summed E-state index contributed by atoms with van der Waals surface area (Å²) >= 11 is 7.39. The van der Waals surface area contributed by atoms with Crippen molar-refractivity contribution >= 4 is 46.8 Å². The second-order valence-electron chi connectivity index (χ2n) is 8.04. The van der Waals surface area contributed by atoms with Crippen LogP contribution in [-0.2, 0) is 22.6 Å². The van der Waals surface area contributed by atoms with E-state index in [1.54, 1.807) is 45.2 Å². The molecule has 2 aromatic carbocycles. The molecule has 0 radical (unpaired) electrons. The van der Waals surface area contributed by atoms with Crippen LogP contribution in [0.15, 0.2) is 47.6 Å². The maximum atomic E-state index is 12.6. The molecule has 10 nitrogen and oxygen atoms in total. The van der Waals surface area contributed by atoms with Gasteiger partial charge in [-0.1, -0.05) is 23.4 Å². The van der Waals surface area contributed by atoms with E-state index in [0.29, 0.717) is 39.5 Å². The first-order valence-corrected chi connectivity index (χ1v) is 12.9. The minimum atomic E-state index is -0.501. The molecule has 0 aliphatic rings. The third-order valence-electron chi connectivity index (χ3n) is 5.02. The van der Waals surface area contributed by atoms with E-state index in [-0.39, 0.29) is 35.8 Å². The number of carbonyl (C=O) groups is 3. The summed E-state index contributed by atoms with van der Waals surface area (Å²) in [5.41, 5.74) is 1.09. The average Bonchev–Trinajstić information content (AvgIpc) is 3.28. The standard InChI is InChI=1S/C25H28ClN5O5S/c1-5-31-21(13-27-23(33)16-6-9-18(35-4)10-7-16)29-30-25(31)37-14-22(32)28-20-12-17(8-11-19(20)26)24(34)36-15(2)3/h6-12,15H,5,13-14H2,1-4H3,(H,27,33)(H,28,32). The number of nitrogens with one attached hydrogen (secondary N) is 2. The first kappa shape index (κ1) is 28.0. The van der Waals surface area contributed by atoms with E-state index in [1.807, 2.05) is 11.5 Å². The first-order valence-electron chi connectivity index (χ1n) is 11.5. The first-order chi connectivity index (χ1) is 17.7. The Morgan fingerprint density at radius 1 is 1.08 bits per heavy atom. The van der Waals surface area contributed by atoms with Gasteiger partial charge in [0, 0.05) is 12.1 Å². The van der Waals surface area contributed by atoms with Crippen LogP contribution in [0.2, 0.25) is 5.02 Å². The Morgan fingerprint density at radius 2 is 1.78 bits per heavy atom. The summed E-state index contributed by atoms with van der Waals surface area (Å²) in [5, 5.41) is 14.7. The highest BCUT2D eigenvalue weighted by molar-refractivity contribution is 7.99. The largest absolute Gasteiger partial charge is 0.497 e. The maximum absolute atomic E-state index is 12.6. The number of methoxy groups -OCH3 is 1. The molecule has 1 heterocycles. The average molecular weight is 546 g/mol. The summed E-state index contributed by atoms with van der Waals surface area (Å²) in [7, 11) is 1.56. The quantitative estimate of drug-likeness (QED) is 0.271. The van der Waals surface area contributed by atoms with Crippen molar-refractivity contribution in [2.45, 2.75) is 45.1 Å². The van der Waals surface area contributed by atoms with Crippen molar-refractivity contribution in [2.24, 2.45) is 0 Å². The topological polar surface area (TPSA) is 124 Å². The predicted molar refractivity (Wildman–Crippen MR) is 141 cm³/mol. The van der Waals surface area contributed by atoms with E-state index in [9.17, 15) is 14.4 Å². The Kier molecular flexibility index (Phi) is 9.93. The lowest BCUT2D eigenvalue weighted by molar-refractivity contribution is -0.113. The summed E-state index contributed by atoms with van der Waals surface area (Å²) in [6.07, 6.45) is -0.269. The minimum Gasteiger partial charge on any atom is -0.497 e. The molecule has 3 aromatic rings. The molecule has 12 heteroatoms. The van der Waals surface area contributed by atoms with Gasteiger partial charge >= 0.3 is 5.97 Å². The number of carbonyl (C=O) groups excluding carboxylic acids is 3. The number of nitrogens with zero attached hydrogens (tertiary/aromatic N) is 3. The lowest BCUT2D eigenvalue weighted by atomic mass is 10.2. The van der Waals surface area contributed by atoms with Crippen LogP contribution in [0, 0.1) is 0 Å². The van der Waals surface area contributed by atoms with E-state index < -0.39 is 5.97 Å². The summed E-state index contributed by atoms with van der Waals surface area (Å²) < 4.78 is 12.1. The molecule has 1 aromatic heterocycles. The molecule has 0 atom stereocenters. The number of benzene rings is 2. The number of halogens is 1. The van der Waals surface area contributed by atoms with Crippen molar-refractivity contribution in [1.29, 1.82) is 0 Å². The fourth-order valence-corrected chi connectivity index (χ4v) is 4.21. The van der Waals surface area contributed by atoms with Crippen LogP contribution in [-0.4, -0.2) is 51.5 Å². The van der Waals surface area contributed by atoms with Gasteiger partial charge in [-0.15, -0.1) is 10.2 Å². The number of hydrogen-bond donors (Lipinski definition) is 2. The van der Waals surface area contributed by atoms with E-state index in [2.05, 4.69) is 20.8 Å². The molecule has 0 saturated heterocycles. The Hall–Kier alpha value is -3.57. The lowest BCUT2D eigenvalue weighted by Crippen LogP contribution is -2.24. The summed E-state index contributed by atoms with van der Waals surface area (Å²) in [5.74, 6) is 0.176. The molecule has 0 aliphatic carbocycles. The number of anilines is 1. The number of aromatic nitrogens is 3. The SMILES string of the molecule is CCn1c(CNC(=O)c2ccc(OC)cc2)nnc1SCC(=O)Nc1cc(C(=O)OC(C)C)ccc1Cl. The minimum absolute atomic E-state index is 0.0351. The van der Waals surface area contributed by atoms with Crippen LogP contribution in [0.3, 0.4) is 0 Å². The van der Waals surface area contributed by atoms with Crippen molar-refractivity contribution in [2.75, 3.05) is 18.2 Å². The van der Waals surface area contributed by atoms with Gasteiger partial charge in [-0.3, -0.25) is 9.59 Å². The lowest BCUT2D eigenvalue weighted by Gasteiger charge is -2.11. The van der Waals surface area contributed by atoms with Gasteiger partial charge in [-0.05, 0) is 63.2 Å². The molecule has 3 rings (SSSR count). The third-order valence-corrected chi connectivity index (χ3v) is 6.32. The predicted octanol–water partition coefficient (Wildman–Crippen LogP) is 4.19. The molecule has 0 saturated carbocycles. The van der Waals surface area contributed by atoms with Gasteiger partial charge in [0.1, 0.15) is 5.75 Å². The Balaban J connectivity index is 1.58. The molecule has 2 N–H and O–H groups in total. The van der Waals surface area contributed by atoms with Crippen LogP contribution >= 0.6 is 23.4 Å². The van der Waals surface area contributed by atoms with Crippen molar-refractivity contribution in [3.63, 3.8) is 0 Å². The summed E-state index contributed by atoms with van der Waals surface area (Å²) in [6.45, 7) is 6.15. The second kappa shape index (κ2) is 13.1. The second-order valence-corrected chi connectivity index (χ2v) is 9.39. The Labute approximate surface area is 224 Å². The molecule has 2 amide bonds. The van der Waals surface area contributed by atoms with Crippen LogP contribution in [0.4, 0.5) is 5.69 Å². The third kappa shape index (κ3) is 7.70. The molecule has 0 spiro atoms. The number of rotatable bonds is 11. The fraction of sp³-hybridized carbons (Fsp3) is 0.320. The molecular weight excluding hydrogens is 518 g/mol. The van der Waals surface area contributed by atoms with Crippen molar-refractivity contribution in [3.05, 3.63) is 64.4 Å². The van der Waals surface area contributed by atoms with Gasteiger partial charge in [-0.2, -0.15) is 0 Å². The van der Waals surface area contributed by atoms with E-state index in [1.165, 1.54) is 30.0 Å². The molecular formula is C25H28ClN5O5S. The normalized spacial score (nSPS) is 10.8. The molecule has 0 aliphatic heterocycles.